The van der Waals surface area contributed by atoms with Crippen molar-refractivity contribution >= 4 is 46.2 Å². The lowest BCUT2D eigenvalue weighted by molar-refractivity contribution is -0.0447. The van der Waals surface area contributed by atoms with Crippen molar-refractivity contribution in [3.63, 3.8) is 0 Å². The van der Waals surface area contributed by atoms with Crippen molar-refractivity contribution in [2.75, 3.05) is 40.5 Å². The number of hydrogen-bond donors (Lipinski definition) is 1. The molecule has 0 aliphatic carbocycles. The van der Waals surface area contributed by atoms with E-state index in [1.807, 2.05) is 22.2 Å². The zero-order valence-electron chi connectivity index (χ0n) is 13.3. The fourth-order valence-electron chi connectivity index (χ4n) is 2.56. The summed E-state index contributed by atoms with van der Waals surface area (Å²) in [4.78, 5) is 12.1. The number of morpholine rings is 1. The van der Waals surface area contributed by atoms with Crippen molar-refractivity contribution in [1.82, 2.24) is 19.6 Å². The van der Waals surface area contributed by atoms with Crippen molar-refractivity contribution in [1.29, 1.82) is 0 Å². The molecule has 1 N–H and O–H groups in total. The minimum atomic E-state index is 0. The highest BCUT2D eigenvalue weighted by Crippen LogP contribution is 2.11. The smallest absolute Gasteiger partial charge is 0.194 e. The number of aliphatic imine (C=N–C) groups is 1. The lowest BCUT2D eigenvalue weighted by atomic mass is 10.3. The van der Waals surface area contributed by atoms with E-state index in [0.29, 0.717) is 19.8 Å². The maximum absolute atomic E-state index is 5.67. The molecule has 3 rings (SSSR count). The van der Waals surface area contributed by atoms with E-state index in [0.717, 1.165) is 29.7 Å². The molecule has 1 atom stereocenters. The Labute approximate surface area is 156 Å². The number of methoxy groups -OCH3 is 1. The maximum Gasteiger partial charge on any atom is 0.194 e. The first-order valence-corrected chi connectivity index (χ1v) is 8.15. The predicted molar refractivity (Wildman–Crippen MR) is 102 cm³/mol. The zero-order valence-corrected chi connectivity index (χ0v) is 16.4. The number of guanidine groups is 1. The van der Waals surface area contributed by atoms with Gasteiger partial charge in [0.1, 0.15) is 0 Å². The largest absolute Gasteiger partial charge is 0.382 e. The van der Waals surface area contributed by atoms with Crippen LogP contribution in [-0.4, -0.2) is 66.8 Å². The summed E-state index contributed by atoms with van der Waals surface area (Å²) < 4.78 is 12.9. The average molecular weight is 451 g/mol. The third-order valence-corrected chi connectivity index (χ3v) is 4.34. The van der Waals surface area contributed by atoms with Crippen LogP contribution in [-0.2, 0) is 16.0 Å². The Kier molecular flexibility index (Phi) is 7.06. The number of nitrogens with one attached hydrogen (secondary N) is 1. The standard InChI is InChI=1S/C14H21N5O2S.HI/c1-15-13(18-3-5-21-12(9-18)10-20-2)16-7-11-8-19-4-6-22-14(19)17-11;/h4,6,8,12H,3,5,7,9-10H2,1-2H3,(H,15,16);1H. The van der Waals surface area contributed by atoms with Crippen molar-refractivity contribution in [2.45, 2.75) is 12.6 Å². The normalized spacial score (nSPS) is 19.0. The Morgan fingerprint density at radius 2 is 2.48 bits per heavy atom. The molecular weight excluding hydrogens is 429 g/mol. The van der Waals surface area contributed by atoms with E-state index < -0.39 is 0 Å². The molecule has 0 spiro atoms. The Morgan fingerprint density at radius 1 is 1.61 bits per heavy atom. The second-order valence-electron chi connectivity index (χ2n) is 5.12. The van der Waals surface area contributed by atoms with Gasteiger partial charge in [0.15, 0.2) is 10.9 Å². The Morgan fingerprint density at radius 3 is 3.22 bits per heavy atom. The summed E-state index contributed by atoms with van der Waals surface area (Å²) in [7, 11) is 3.49. The van der Waals surface area contributed by atoms with E-state index >= 15 is 0 Å². The van der Waals surface area contributed by atoms with E-state index in [-0.39, 0.29) is 30.1 Å². The summed E-state index contributed by atoms with van der Waals surface area (Å²) in [6.45, 7) is 3.57. The number of fused-ring (bicyclic) bond motifs is 1. The first-order valence-electron chi connectivity index (χ1n) is 7.27. The van der Waals surface area contributed by atoms with Gasteiger partial charge >= 0.3 is 0 Å². The number of hydrogen-bond acceptors (Lipinski definition) is 5. The fourth-order valence-corrected chi connectivity index (χ4v) is 3.28. The van der Waals surface area contributed by atoms with Gasteiger partial charge in [-0.25, -0.2) is 4.98 Å². The minimum Gasteiger partial charge on any atom is -0.382 e. The second-order valence-corrected chi connectivity index (χ2v) is 5.99. The van der Waals surface area contributed by atoms with E-state index in [1.165, 1.54) is 0 Å². The third-order valence-electron chi connectivity index (χ3n) is 3.57. The van der Waals surface area contributed by atoms with E-state index in [9.17, 15) is 0 Å². The molecular formula is C14H22IN5O2S. The van der Waals surface area contributed by atoms with Gasteiger partial charge < -0.3 is 19.7 Å². The molecule has 9 heteroatoms. The molecule has 0 aromatic carbocycles. The summed E-state index contributed by atoms with van der Waals surface area (Å²) in [5.41, 5.74) is 1.01. The number of rotatable bonds is 4. The highest BCUT2D eigenvalue weighted by molar-refractivity contribution is 14.0. The van der Waals surface area contributed by atoms with E-state index in [2.05, 4.69) is 20.2 Å². The molecule has 1 saturated heterocycles. The SMILES string of the molecule is CN=C(NCc1cn2ccsc2n1)N1CCOC(COC)C1.I. The van der Waals surface area contributed by atoms with Crippen LogP contribution in [0.1, 0.15) is 5.69 Å². The van der Waals surface area contributed by atoms with Gasteiger partial charge in [-0.3, -0.25) is 9.39 Å². The average Bonchev–Trinajstić information content (AvgIpc) is 3.10. The summed E-state index contributed by atoms with van der Waals surface area (Å²) in [6, 6.07) is 0. The van der Waals surface area contributed by atoms with Gasteiger partial charge in [0, 0.05) is 45.0 Å². The minimum absolute atomic E-state index is 0. The lowest BCUT2D eigenvalue weighted by Gasteiger charge is -2.34. The van der Waals surface area contributed by atoms with Crippen LogP contribution in [0.3, 0.4) is 0 Å². The molecule has 7 nitrogen and oxygen atoms in total. The molecule has 1 unspecified atom stereocenters. The monoisotopic (exact) mass is 451 g/mol. The van der Waals surface area contributed by atoms with E-state index in [1.54, 1.807) is 25.5 Å². The third kappa shape index (κ3) is 4.55. The molecule has 1 aliphatic heterocycles. The van der Waals surface area contributed by atoms with Crippen LogP contribution in [0, 0.1) is 0 Å². The molecule has 2 aromatic rings. The van der Waals surface area contributed by atoms with Crippen molar-refractivity contribution < 1.29 is 9.47 Å². The van der Waals surface area contributed by atoms with Crippen LogP contribution in [0.2, 0.25) is 0 Å². The fraction of sp³-hybridized carbons (Fsp3) is 0.571. The van der Waals surface area contributed by atoms with Crippen molar-refractivity contribution in [3.05, 3.63) is 23.5 Å². The summed E-state index contributed by atoms with van der Waals surface area (Å²) in [6.07, 6.45) is 4.15. The number of ether oxygens (including phenoxy) is 2. The van der Waals surface area contributed by atoms with Crippen molar-refractivity contribution in [2.24, 2.45) is 4.99 Å². The van der Waals surface area contributed by atoms with Crippen LogP contribution in [0.4, 0.5) is 0 Å². The highest BCUT2D eigenvalue weighted by Gasteiger charge is 2.22. The topological polar surface area (TPSA) is 63.4 Å². The van der Waals surface area contributed by atoms with Crippen molar-refractivity contribution in [3.8, 4) is 0 Å². The van der Waals surface area contributed by atoms with Gasteiger partial charge in [0.2, 0.25) is 0 Å². The highest BCUT2D eigenvalue weighted by atomic mass is 127. The summed E-state index contributed by atoms with van der Waals surface area (Å²) in [5.74, 6) is 0.876. The molecule has 0 radical (unpaired) electrons. The first-order chi connectivity index (χ1) is 10.8. The Balaban J connectivity index is 0.00000192. The summed E-state index contributed by atoms with van der Waals surface area (Å²) >= 11 is 1.63. The molecule has 0 saturated carbocycles. The number of aromatic nitrogens is 2. The number of thiazole rings is 1. The second kappa shape index (κ2) is 8.81. The van der Waals surface area contributed by atoms with Crippen LogP contribution < -0.4 is 5.32 Å². The van der Waals surface area contributed by atoms with Crippen LogP contribution in [0.15, 0.2) is 22.8 Å². The van der Waals surface area contributed by atoms with Gasteiger partial charge in [-0.15, -0.1) is 35.3 Å². The molecule has 0 bridgehead atoms. The predicted octanol–water partition coefficient (Wildman–Crippen LogP) is 1.44. The van der Waals surface area contributed by atoms with Gasteiger partial charge in [-0.1, -0.05) is 0 Å². The molecule has 1 fully saturated rings. The van der Waals surface area contributed by atoms with Gasteiger partial charge in [0.05, 0.1) is 31.6 Å². The van der Waals surface area contributed by atoms with E-state index in [4.69, 9.17) is 9.47 Å². The van der Waals surface area contributed by atoms with Crippen LogP contribution in [0.25, 0.3) is 4.96 Å². The molecule has 128 valence electrons. The molecule has 23 heavy (non-hydrogen) atoms. The summed E-state index contributed by atoms with van der Waals surface area (Å²) in [5, 5.41) is 5.41. The number of nitrogens with zero attached hydrogens (tertiary/aromatic N) is 4. The molecule has 0 amide bonds. The van der Waals surface area contributed by atoms with Crippen LogP contribution in [0.5, 0.6) is 0 Å². The Hall–Kier alpha value is -0.910. The molecule has 2 aromatic heterocycles. The number of halogens is 1. The van der Waals surface area contributed by atoms with Gasteiger partial charge in [0.25, 0.3) is 0 Å². The lowest BCUT2D eigenvalue weighted by Crippen LogP contribution is -2.51. The Bertz CT molecular complexity index is 613. The first kappa shape index (κ1) is 18.4. The van der Waals surface area contributed by atoms with Crippen LogP contribution >= 0.6 is 35.3 Å². The van der Waals surface area contributed by atoms with Gasteiger partial charge in [-0.2, -0.15) is 0 Å². The molecule has 3 heterocycles. The number of imidazole rings is 1. The quantitative estimate of drug-likeness (QED) is 0.433. The molecule has 1 aliphatic rings. The maximum atomic E-state index is 5.67. The zero-order chi connectivity index (χ0) is 15.4. The van der Waals surface area contributed by atoms with Gasteiger partial charge in [-0.05, 0) is 0 Å².